The van der Waals surface area contributed by atoms with Crippen LogP contribution in [-0.4, -0.2) is 14.2 Å². The van der Waals surface area contributed by atoms with Gasteiger partial charge in [0.15, 0.2) is 0 Å². The minimum atomic E-state index is 0.191. The van der Waals surface area contributed by atoms with Gasteiger partial charge >= 0.3 is 0 Å². The van der Waals surface area contributed by atoms with Crippen molar-refractivity contribution >= 4 is 11.6 Å². The molecular formula is C17H20ClNO. The zero-order chi connectivity index (χ0) is 14.5. The van der Waals surface area contributed by atoms with Gasteiger partial charge in [-0.15, -0.1) is 0 Å². The molecule has 0 bridgehead atoms. The summed E-state index contributed by atoms with van der Waals surface area (Å²) in [7, 11) is 3.60. The van der Waals surface area contributed by atoms with Crippen LogP contribution in [-0.2, 0) is 6.42 Å². The predicted molar refractivity (Wildman–Crippen MR) is 84.7 cm³/mol. The van der Waals surface area contributed by atoms with Crippen LogP contribution in [0.4, 0.5) is 0 Å². The van der Waals surface area contributed by atoms with Gasteiger partial charge in [0, 0.05) is 11.1 Å². The van der Waals surface area contributed by atoms with Gasteiger partial charge in [-0.3, -0.25) is 0 Å². The number of nitrogens with one attached hydrogen (secondary N) is 1. The lowest BCUT2D eigenvalue weighted by molar-refractivity contribution is 0.414. The van der Waals surface area contributed by atoms with Crippen LogP contribution in [0.1, 0.15) is 22.7 Å². The number of likely N-dealkylation sites (N-methyl/N-ethyl adjacent to an activating group) is 1. The van der Waals surface area contributed by atoms with Crippen molar-refractivity contribution in [1.29, 1.82) is 0 Å². The summed E-state index contributed by atoms with van der Waals surface area (Å²) >= 11 is 6.35. The Hall–Kier alpha value is -1.51. The number of rotatable bonds is 5. The maximum atomic E-state index is 6.35. The maximum absolute atomic E-state index is 6.35. The van der Waals surface area contributed by atoms with Crippen LogP contribution < -0.4 is 10.1 Å². The first kappa shape index (κ1) is 14.9. The Balaban J connectivity index is 2.21. The molecule has 3 heteroatoms. The molecule has 0 saturated carbocycles. The highest BCUT2D eigenvalue weighted by Crippen LogP contribution is 2.29. The molecule has 0 saturated heterocycles. The molecular weight excluding hydrogens is 270 g/mol. The lowest BCUT2D eigenvalue weighted by Crippen LogP contribution is -2.19. The molecule has 0 amide bonds. The standard InChI is InChI=1S/C17H20ClNO/c1-12-4-6-13(7-5-12)10-17(19-2)15-9-8-14(20-3)11-16(15)18/h4-9,11,17,19H,10H2,1-3H3. The zero-order valence-electron chi connectivity index (χ0n) is 12.1. The fourth-order valence-electron chi connectivity index (χ4n) is 2.24. The highest BCUT2D eigenvalue weighted by Gasteiger charge is 2.14. The van der Waals surface area contributed by atoms with Crippen molar-refractivity contribution < 1.29 is 4.74 Å². The number of hydrogen-bond acceptors (Lipinski definition) is 2. The van der Waals surface area contributed by atoms with Crippen molar-refractivity contribution in [2.75, 3.05) is 14.2 Å². The van der Waals surface area contributed by atoms with E-state index >= 15 is 0 Å². The molecule has 0 heterocycles. The fourth-order valence-corrected chi connectivity index (χ4v) is 2.55. The van der Waals surface area contributed by atoms with E-state index < -0.39 is 0 Å². The molecule has 1 N–H and O–H groups in total. The molecule has 2 nitrogen and oxygen atoms in total. The van der Waals surface area contributed by atoms with Crippen LogP contribution in [0.25, 0.3) is 0 Å². The van der Waals surface area contributed by atoms with Gasteiger partial charge in [-0.05, 0) is 43.7 Å². The predicted octanol–water partition coefficient (Wildman–Crippen LogP) is 4.16. The molecule has 0 aliphatic heterocycles. The zero-order valence-corrected chi connectivity index (χ0v) is 12.9. The van der Waals surface area contributed by atoms with Gasteiger partial charge in [-0.25, -0.2) is 0 Å². The summed E-state index contributed by atoms with van der Waals surface area (Å²) in [6, 6.07) is 14.6. The summed E-state index contributed by atoms with van der Waals surface area (Å²) in [4.78, 5) is 0. The van der Waals surface area contributed by atoms with Gasteiger partial charge in [0.1, 0.15) is 5.75 Å². The van der Waals surface area contributed by atoms with Crippen molar-refractivity contribution in [1.82, 2.24) is 5.32 Å². The molecule has 0 spiro atoms. The Labute approximate surface area is 125 Å². The second kappa shape index (κ2) is 6.78. The molecule has 0 aliphatic carbocycles. The largest absolute Gasteiger partial charge is 0.497 e. The van der Waals surface area contributed by atoms with Crippen LogP contribution in [0.2, 0.25) is 5.02 Å². The Morgan fingerprint density at radius 2 is 1.85 bits per heavy atom. The van der Waals surface area contributed by atoms with Crippen molar-refractivity contribution in [2.24, 2.45) is 0 Å². The monoisotopic (exact) mass is 289 g/mol. The van der Waals surface area contributed by atoms with Gasteiger partial charge in [-0.2, -0.15) is 0 Å². The Kier molecular flexibility index (Phi) is 5.05. The van der Waals surface area contributed by atoms with E-state index in [2.05, 4.69) is 36.5 Å². The minimum absolute atomic E-state index is 0.191. The number of methoxy groups -OCH3 is 1. The first-order valence-corrected chi connectivity index (χ1v) is 7.08. The summed E-state index contributed by atoms with van der Waals surface area (Å²) in [5.74, 6) is 0.781. The molecule has 2 rings (SSSR count). The second-order valence-corrected chi connectivity index (χ2v) is 5.33. The summed E-state index contributed by atoms with van der Waals surface area (Å²) in [5.41, 5.74) is 3.66. The number of benzene rings is 2. The third-order valence-electron chi connectivity index (χ3n) is 3.49. The van der Waals surface area contributed by atoms with E-state index in [-0.39, 0.29) is 6.04 Å². The van der Waals surface area contributed by atoms with E-state index in [0.717, 1.165) is 22.8 Å². The van der Waals surface area contributed by atoms with E-state index in [1.165, 1.54) is 11.1 Å². The van der Waals surface area contributed by atoms with Gasteiger partial charge in [0.25, 0.3) is 0 Å². The van der Waals surface area contributed by atoms with E-state index in [1.807, 2.05) is 25.2 Å². The summed E-state index contributed by atoms with van der Waals surface area (Å²) in [6.07, 6.45) is 0.906. The summed E-state index contributed by atoms with van der Waals surface area (Å²) in [6.45, 7) is 2.10. The third kappa shape index (κ3) is 3.53. The van der Waals surface area contributed by atoms with E-state index in [1.54, 1.807) is 7.11 Å². The molecule has 2 aromatic rings. The van der Waals surface area contributed by atoms with Crippen molar-refractivity contribution in [3.8, 4) is 5.75 Å². The topological polar surface area (TPSA) is 21.3 Å². The molecule has 20 heavy (non-hydrogen) atoms. The number of aryl methyl sites for hydroxylation is 1. The average molecular weight is 290 g/mol. The van der Waals surface area contributed by atoms with Crippen LogP contribution in [0, 0.1) is 6.92 Å². The molecule has 0 fully saturated rings. The summed E-state index contributed by atoms with van der Waals surface area (Å²) < 4.78 is 5.19. The van der Waals surface area contributed by atoms with Crippen LogP contribution in [0.5, 0.6) is 5.75 Å². The number of halogens is 1. The lowest BCUT2D eigenvalue weighted by atomic mass is 9.98. The normalized spacial score (nSPS) is 12.2. The van der Waals surface area contributed by atoms with E-state index in [4.69, 9.17) is 16.3 Å². The number of hydrogen-bond donors (Lipinski definition) is 1. The van der Waals surface area contributed by atoms with Gasteiger partial charge in [-0.1, -0.05) is 47.5 Å². The van der Waals surface area contributed by atoms with Gasteiger partial charge < -0.3 is 10.1 Å². The van der Waals surface area contributed by atoms with Crippen molar-refractivity contribution in [3.05, 3.63) is 64.2 Å². The molecule has 1 unspecified atom stereocenters. The molecule has 2 aromatic carbocycles. The van der Waals surface area contributed by atoms with Crippen molar-refractivity contribution in [2.45, 2.75) is 19.4 Å². The third-order valence-corrected chi connectivity index (χ3v) is 3.82. The first-order valence-electron chi connectivity index (χ1n) is 6.70. The SMILES string of the molecule is CNC(Cc1ccc(C)cc1)c1ccc(OC)cc1Cl. The smallest absolute Gasteiger partial charge is 0.120 e. The first-order chi connectivity index (χ1) is 9.63. The van der Waals surface area contributed by atoms with Gasteiger partial charge in [0.2, 0.25) is 0 Å². The molecule has 0 radical (unpaired) electrons. The molecule has 0 aromatic heterocycles. The van der Waals surface area contributed by atoms with Crippen molar-refractivity contribution in [3.63, 3.8) is 0 Å². The molecule has 1 atom stereocenters. The second-order valence-electron chi connectivity index (χ2n) is 4.92. The Bertz CT molecular complexity index is 566. The van der Waals surface area contributed by atoms with Crippen LogP contribution in [0.3, 0.4) is 0 Å². The minimum Gasteiger partial charge on any atom is -0.497 e. The average Bonchev–Trinajstić information content (AvgIpc) is 2.47. The highest BCUT2D eigenvalue weighted by atomic mass is 35.5. The van der Waals surface area contributed by atoms with Crippen LogP contribution >= 0.6 is 11.6 Å². The maximum Gasteiger partial charge on any atom is 0.120 e. The highest BCUT2D eigenvalue weighted by molar-refractivity contribution is 6.31. The van der Waals surface area contributed by atoms with E-state index in [9.17, 15) is 0 Å². The molecule has 0 aliphatic rings. The van der Waals surface area contributed by atoms with Gasteiger partial charge in [0.05, 0.1) is 7.11 Å². The van der Waals surface area contributed by atoms with E-state index in [0.29, 0.717) is 0 Å². The molecule has 106 valence electrons. The van der Waals surface area contributed by atoms with Crippen LogP contribution in [0.15, 0.2) is 42.5 Å². The lowest BCUT2D eigenvalue weighted by Gasteiger charge is -2.19. The summed E-state index contributed by atoms with van der Waals surface area (Å²) in [5, 5.41) is 4.07. The Morgan fingerprint density at radius 1 is 1.15 bits per heavy atom. The Morgan fingerprint density at radius 3 is 2.40 bits per heavy atom. The quantitative estimate of drug-likeness (QED) is 0.892. The number of ether oxygens (including phenoxy) is 1. The fraction of sp³-hybridized carbons (Fsp3) is 0.294.